The van der Waals surface area contributed by atoms with E-state index >= 15 is 0 Å². The van der Waals surface area contributed by atoms with Gasteiger partial charge in [-0.3, -0.25) is 0 Å². The van der Waals surface area contributed by atoms with Gasteiger partial charge in [0, 0.05) is 12.6 Å². The van der Waals surface area contributed by atoms with Crippen LogP contribution in [0.25, 0.3) is 0 Å². The van der Waals surface area contributed by atoms with E-state index in [1.807, 2.05) is 0 Å². The Morgan fingerprint density at radius 1 is 1.17 bits per heavy atom. The van der Waals surface area contributed by atoms with E-state index in [2.05, 4.69) is 0 Å². The van der Waals surface area contributed by atoms with Crippen molar-refractivity contribution in [2.24, 2.45) is 0 Å². The predicted molar refractivity (Wildman–Crippen MR) is 77.8 cm³/mol. The molecular formula is C15H19F4NO2S. The van der Waals surface area contributed by atoms with E-state index in [4.69, 9.17) is 0 Å². The lowest BCUT2D eigenvalue weighted by Gasteiger charge is -2.32. The third kappa shape index (κ3) is 3.85. The first kappa shape index (κ1) is 18.2. The van der Waals surface area contributed by atoms with Crippen LogP contribution in [0.3, 0.4) is 0 Å². The molecule has 0 N–H and O–H groups in total. The van der Waals surface area contributed by atoms with Crippen molar-refractivity contribution in [3.63, 3.8) is 0 Å². The summed E-state index contributed by atoms with van der Waals surface area (Å²) in [4.78, 5) is -0.515. The summed E-state index contributed by atoms with van der Waals surface area (Å²) in [5, 5.41) is 0. The van der Waals surface area contributed by atoms with Crippen LogP contribution in [-0.4, -0.2) is 25.3 Å². The quantitative estimate of drug-likeness (QED) is 0.761. The van der Waals surface area contributed by atoms with Crippen LogP contribution in [0.15, 0.2) is 23.1 Å². The Morgan fingerprint density at radius 3 is 2.30 bits per heavy atom. The second-order valence-electron chi connectivity index (χ2n) is 5.64. The van der Waals surface area contributed by atoms with Gasteiger partial charge in [-0.25, -0.2) is 12.8 Å². The molecule has 1 aliphatic rings. The lowest BCUT2D eigenvalue weighted by molar-refractivity contribution is -0.140. The predicted octanol–water partition coefficient (Wildman–Crippen LogP) is 4.19. The van der Waals surface area contributed by atoms with Crippen LogP contribution in [0.1, 0.15) is 44.6 Å². The monoisotopic (exact) mass is 353 g/mol. The lowest BCUT2D eigenvalue weighted by Crippen LogP contribution is -2.41. The fraction of sp³-hybridized carbons (Fsp3) is 0.600. The minimum Gasteiger partial charge on any atom is -0.207 e. The Balaban J connectivity index is 2.41. The molecule has 0 aliphatic heterocycles. The van der Waals surface area contributed by atoms with Crippen molar-refractivity contribution >= 4 is 10.0 Å². The number of sulfonamides is 1. The third-order valence-corrected chi connectivity index (χ3v) is 6.17. The van der Waals surface area contributed by atoms with Gasteiger partial charge in [-0.2, -0.15) is 17.5 Å². The highest BCUT2D eigenvalue weighted by atomic mass is 32.2. The summed E-state index contributed by atoms with van der Waals surface area (Å²) in [6.07, 6.45) is -0.719. The molecule has 0 atom stereocenters. The SMILES string of the molecule is CCN(C1CCCCC1)S(=O)(=O)c1ccc(F)c(C(F)(F)F)c1. The molecule has 0 heterocycles. The molecule has 0 unspecified atom stereocenters. The van der Waals surface area contributed by atoms with Gasteiger partial charge >= 0.3 is 6.18 Å². The minimum atomic E-state index is -4.93. The summed E-state index contributed by atoms with van der Waals surface area (Å²) >= 11 is 0. The average molecular weight is 353 g/mol. The normalized spacial score (nSPS) is 17.7. The molecule has 0 saturated heterocycles. The van der Waals surface area contributed by atoms with E-state index in [0.29, 0.717) is 25.0 Å². The highest BCUT2D eigenvalue weighted by Crippen LogP contribution is 2.34. The van der Waals surface area contributed by atoms with Crippen LogP contribution >= 0.6 is 0 Å². The summed E-state index contributed by atoms with van der Waals surface area (Å²) in [6, 6.07) is 1.63. The van der Waals surface area contributed by atoms with E-state index in [1.165, 1.54) is 4.31 Å². The van der Waals surface area contributed by atoms with Crippen LogP contribution in [0.2, 0.25) is 0 Å². The second-order valence-corrected chi connectivity index (χ2v) is 7.53. The molecule has 8 heteroatoms. The third-order valence-electron chi connectivity index (χ3n) is 4.14. The lowest BCUT2D eigenvalue weighted by atomic mass is 9.95. The van der Waals surface area contributed by atoms with Crippen LogP contribution in [-0.2, 0) is 16.2 Å². The van der Waals surface area contributed by atoms with Crippen molar-refractivity contribution in [1.29, 1.82) is 0 Å². The minimum absolute atomic E-state index is 0.172. The molecule has 23 heavy (non-hydrogen) atoms. The van der Waals surface area contributed by atoms with Crippen LogP contribution in [0, 0.1) is 5.82 Å². The van der Waals surface area contributed by atoms with Crippen molar-refractivity contribution in [2.75, 3.05) is 6.54 Å². The first-order chi connectivity index (χ1) is 10.7. The zero-order chi connectivity index (χ0) is 17.3. The molecule has 1 aromatic rings. The molecule has 0 amide bonds. The number of hydrogen-bond donors (Lipinski definition) is 0. The fourth-order valence-electron chi connectivity index (χ4n) is 3.01. The van der Waals surface area contributed by atoms with Crippen molar-refractivity contribution < 1.29 is 26.0 Å². The van der Waals surface area contributed by atoms with Crippen LogP contribution < -0.4 is 0 Å². The summed E-state index contributed by atoms with van der Waals surface area (Å²) in [5.41, 5.74) is -1.56. The first-order valence-electron chi connectivity index (χ1n) is 7.56. The zero-order valence-corrected chi connectivity index (χ0v) is 13.6. The highest BCUT2D eigenvalue weighted by Gasteiger charge is 2.37. The largest absolute Gasteiger partial charge is 0.419 e. The molecule has 130 valence electrons. The van der Waals surface area contributed by atoms with Crippen LogP contribution in [0.4, 0.5) is 17.6 Å². The number of nitrogens with zero attached hydrogens (tertiary/aromatic N) is 1. The summed E-state index contributed by atoms with van der Waals surface area (Å²) in [7, 11) is -4.08. The molecule has 1 aromatic carbocycles. The first-order valence-corrected chi connectivity index (χ1v) is 9.00. The molecule has 0 spiro atoms. The van der Waals surface area contributed by atoms with E-state index in [1.54, 1.807) is 6.92 Å². The average Bonchev–Trinajstić information content (AvgIpc) is 2.47. The number of benzene rings is 1. The molecule has 0 bridgehead atoms. The van der Waals surface area contributed by atoms with E-state index in [-0.39, 0.29) is 12.6 Å². The molecule has 1 aliphatic carbocycles. The smallest absolute Gasteiger partial charge is 0.207 e. The van der Waals surface area contributed by atoms with Gasteiger partial charge in [0.2, 0.25) is 10.0 Å². The Morgan fingerprint density at radius 2 is 1.78 bits per heavy atom. The Labute approximate surface area is 133 Å². The van der Waals surface area contributed by atoms with Gasteiger partial charge in [-0.15, -0.1) is 0 Å². The molecule has 2 rings (SSSR count). The number of alkyl halides is 3. The zero-order valence-electron chi connectivity index (χ0n) is 12.7. The van der Waals surface area contributed by atoms with Gasteiger partial charge in [0.25, 0.3) is 0 Å². The Hall–Kier alpha value is -1.15. The summed E-state index contributed by atoms with van der Waals surface area (Å²) in [5.74, 6) is -1.47. The fourth-order valence-corrected chi connectivity index (χ4v) is 4.73. The van der Waals surface area contributed by atoms with Crippen molar-refractivity contribution in [3.05, 3.63) is 29.6 Å². The van der Waals surface area contributed by atoms with Crippen molar-refractivity contribution in [3.8, 4) is 0 Å². The highest BCUT2D eigenvalue weighted by molar-refractivity contribution is 7.89. The molecular weight excluding hydrogens is 334 g/mol. The molecule has 3 nitrogen and oxygen atoms in total. The molecule has 0 radical (unpaired) electrons. The maximum absolute atomic E-state index is 13.4. The van der Waals surface area contributed by atoms with Gasteiger partial charge in [0.1, 0.15) is 5.82 Å². The second kappa shape index (κ2) is 6.76. The van der Waals surface area contributed by atoms with Crippen LogP contribution in [0.5, 0.6) is 0 Å². The maximum Gasteiger partial charge on any atom is 0.419 e. The molecule has 0 aromatic heterocycles. The van der Waals surface area contributed by atoms with E-state index < -0.39 is 32.5 Å². The number of rotatable bonds is 4. The summed E-state index contributed by atoms with van der Waals surface area (Å²) in [6.45, 7) is 1.83. The van der Waals surface area contributed by atoms with Gasteiger partial charge in [-0.1, -0.05) is 26.2 Å². The van der Waals surface area contributed by atoms with Gasteiger partial charge in [0.15, 0.2) is 0 Å². The summed E-state index contributed by atoms with van der Waals surface area (Å²) < 4.78 is 78.4. The Bertz CT molecular complexity index is 652. The van der Waals surface area contributed by atoms with E-state index in [0.717, 1.165) is 25.3 Å². The van der Waals surface area contributed by atoms with Gasteiger partial charge in [-0.05, 0) is 31.0 Å². The standard InChI is InChI=1S/C15H19F4NO2S/c1-2-20(11-6-4-3-5-7-11)23(21,22)12-8-9-14(16)13(10-12)15(17,18)19/h8-11H,2-7H2,1H3. The number of hydrogen-bond acceptors (Lipinski definition) is 2. The molecule has 1 saturated carbocycles. The number of halogens is 4. The molecule has 1 fully saturated rings. The van der Waals surface area contributed by atoms with Gasteiger partial charge in [0.05, 0.1) is 10.5 Å². The van der Waals surface area contributed by atoms with Crippen molar-refractivity contribution in [2.45, 2.75) is 56.1 Å². The van der Waals surface area contributed by atoms with E-state index in [9.17, 15) is 26.0 Å². The van der Waals surface area contributed by atoms with Gasteiger partial charge < -0.3 is 0 Å². The topological polar surface area (TPSA) is 37.4 Å². The van der Waals surface area contributed by atoms with Crippen molar-refractivity contribution in [1.82, 2.24) is 4.31 Å². The Kier molecular flexibility index (Phi) is 5.35. The maximum atomic E-state index is 13.4.